The molecule has 0 aliphatic rings. The SMILES string of the molecule is CCNC(=O)NC(=O)[C@H](NCCc1ccccc1)c1ccccc1. The van der Waals surface area contributed by atoms with E-state index in [1.807, 2.05) is 60.7 Å². The molecule has 0 aliphatic carbocycles. The first-order valence-corrected chi connectivity index (χ1v) is 8.11. The van der Waals surface area contributed by atoms with Crippen molar-refractivity contribution in [1.29, 1.82) is 0 Å². The number of nitrogens with one attached hydrogen (secondary N) is 3. The summed E-state index contributed by atoms with van der Waals surface area (Å²) in [5, 5.41) is 8.18. The molecule has 5 nitrogen and oxygen atoms in total. The monoisotopic (exact) mass is 325 g/mol. The third kappa shape index (κ3) is 5.52. The Bertz CT molecular complexity index is 644. The van der Waals surface area contributed by atoms with Gasteiger partial charge in [0.2, 0.25) is 5.91 Å². The van der Waals surface area contributed by atoms with Gasteiger partial charge in [0.25, 0.3) is 0 Å². The first kappa shape index (κ1) is 17.7. The van der Waals surface area contributed by atoms with Crippen molar-refractivity contribution < 1.29 is 9.59 Å². The van der Waals surface area contributed by atoms with Crippen LogP contribution in [0.5, 0.6) is 0 Å². The molecule has 0 heterocycles. The quantitative estimate of drug-likeness (QED) is 0.732. The van der Waals surface area contributed by atoms with Crippen molar-refractivity contribution in [1.82, 2.24) is 16.0 Å². The number of hydrogen-bond donors (Lipinski definition) is 3. The van der Waals surface area contributed by atoms with Gasteiger partial charge in [0.15, 0.2) is 0 Å². The van der Waals surface area contributed by atoms with Crippen molar-refractivity contribution in [2.45, 2.75) is 19.4 Å². The minimum Gasteiger partial charge on any atom is -0.338 e. The minimum absolute atomic E-state index is 0.361. The van der Waals surface area contributed by atoms with Gasteiger partial charge in [0, 0.05) is 13.1 Å². The molecule has 126 valence electrons. The molecule has 0 fully saturated rings. The minimum atomic E-state index is -0.572. The van der Waals surface area contributed by atoms with Gasteiger partial charge < -0.3 is 10.6 Å². The average Bonchev–Trinajstić information content (AvgIpc) is 2.60. The van der Waals surface area contributed by atoms with Crippen LogP contribution < -0.4 is 16.0 Å². The Morgan fingerprint density at radius 2 is 1.58 bits per heavy atom. The van der Waals surface area contributed by atoms with Crippen LogP contribution >= 0.6 is 0 Å². The van der Waals surface area contributed by atoms with Gasteiger partial charge in [0.1, 0.15) is 6.04 Å². The summed E-state index contributed by atoms with van der Waals surface area (Å²) in [7, 11) is 0. The van der Waals surface area contributed by atoms with Crippen molar-refractivity contribution in [3.8, 4) is 0 Å². The summed E-state index contributed by atoms with van der Waals surface area (Å²) < 4.78 is 0. The maximum atomic E-state index is 12.4. The number of benzene rings is 2. The van der Waals surface area contributed by atoms with E-state index in [9.17, 15) is 9.59 Å². The maximum absolute atomic E-state index is 12.4. The van der Waals surface area contributed by atoms with Crippen LogP contribution in [0, 0.1) is 0 Å². The van der Waals surface area contributed by atoms with Crippen LogP contribution in [0.25, 0.3) is 0 Å². The van der Waals surface area contributed by atoms with E-state index >= 15 is 0 Å². The van der Waals surface area contributed by atoms with E-state index in [0.717, 1.165) is 12.0 Å². The van der Waals surface area contributed by atoms with Crippen LogP contribution in [-0.4, -0.2) is 25.0 Å². The van der Waals surface area contributed by atoms with E-state index in [1.54, 1.807) is 6.92 Å². The van der Waals surface area contributed by atoms with Gasteiger partial charge in [0.05, 0.1) is 0 Å². The molecular formula is C19H23N3O2. The lowest BCUT2D eigenvalue weighted by Gasteiger charge is -2.18. The zero-order valence-corrected chi connectivity index (χ0v) is 13.8. The second kappa shape index (κ2) is 9.47. The lowest BCUT2D eigenvalue weighted by Crippen LogP contribution is -2.45. The van der Waals surface area contributed by atoms with Crippen molar-refractivity contribution in [3.05, 3.63) is 71.8 Å². The number of carbonyl (C=O) groups excluding carboxylic acids is 2. The summed E-state index contributed by atoms with van der Waals surface area (Å²) in [6.07, 6.45) is 0.804. The van der Waals surface area contributed by atoms with Gasteiger partial charge in [-0.2, -0.15) is 0 Å². The van der Waals surface area contributed by atoms with Gasteiger partial charge in [-0.25, -0.2) is 4.79 Å². The van der Waals surface area contributed by atoms with Gasteiger partial charge in [-0.15, -0.1) is 0 Å². The number of amides is 3. The predicted molar refractivity (Wildman–Crippen MR) is 94.5 cm³/mol. The average molecular weight is 325 g/mol. The molecule has 5 heteroatoms. The van der Waals surface area contributed by atoms with E-state index in [-0.39, 0.29) is 5.91 Å². The Morgan fingerprint density at radius 1 is 0.958 bits per heavy atom. The molecule has 24 heavy (non-hydrogen) atoms. The second-order valence-corrected chi connectivity index (χ2v) is 5.38. The van der Waals surface area contributed by atoms with Gasteiger partial charge in [-0.05, 0) is 24.5 Å². The molecule has 1 atom stereocenters. The van der Waals surface area contributed by atoms with E-state index in [1.165, 1.54) is 5.56 Å². The standard InChI is InChI=1S/C19H23N3O2/c1-2-20-19(24)22-18(23)17(16-11-7-4-8-12-16)21-14-13-15-9-5-3-6-10-15/h3-12,17,21H,2,13-14H2,1H3,(H2,20,22,23,24)/t17-/m1/s1. The van der Waals surface area contributed by atoms with E-state index in [4.69, 9.17) is 0 Å². The Labute approximate surface area is 142 Å². The van der Waals surface area contributed by atoms with Gasteiger partial charge in [-0.3, -0.25) is 10.1 Å². The highest BCUT2D eigenvalue weighted by Crippen LogP contribution is 2.13. The molecule has 0 radical (unpaired) electrons. The molecule has 3 amide bonds. The summed E-state index contributed by atoms with van der Waals surface area (Å²) in [5.41, 5.74) is 2.02. The number of hydrogen-bond acceptors (Lipinski definition) is 3. The molecule has 0 unspecified atom stereocenters. The summed E-state index contributed by atoms with van der Waals surface area (Å²) in [5.74, 6) is -0.361. The molecule has 2 aromatic carbocycles. The Hall–Kier alpha value is -2.66. The first-order chi connectivity index (χ1) is 11.7. The fourth-order valence-electron chi connectivity index (χ4n) is 2.40. The highest BCUT2D eigenvalue weighted by molar-refractivity contribution is 5.97. The molecule has 3 N–H and O–H groups in total. The van der Waals surface area contributed by atoms with Crippen LogP contribution in [-0.2, 0) is 11.2 Å². The lowest BCUT2D eigenvalue weighted by atomic mass is 10.1. The van der Waals surface area contributed by atoms with Crippen LogP contribution in [0.15, 0.2) is 60.7 Å². The summed E-state index contributed by atoms with van der Waals surface area (Å²) >= 11 is 0. The Balaban J connectivity index is 2.00. The zero-order chi connectivity index (χ0) is 17.2. The van der Waals surface area contributed by atoms with Crippen LogP contribution in [0.4, 0.5) is 4.79 Å². The largest absolute Gasteiger partial charge is 0.338 e. The summed E-state index contributed by atoms with van der Waals surface area (Å²) in [6, 6.07) is 18.4. The molecule has 0 saturated carbocycles. The van der Waals surface area contributed by atoms with Crippen LogP contribution in [0.3, 0.4) is 0 Å². The number of carbonyl (C=O) groups is 2. The van der Waals surface area contributed by atoms with Gasteiger partial charge >= 0.3 is 6.03 Å². The third-order valence-electron chi connectivity index (χ3n) is 3.57. The smallest absolute Gasteiger partial charge is 0.321 e. The van der Waals surface area contributed by atoms with E-state index in [2.05, 4.69) is 16.0 Å². The van der Waals surface area contributed by atoms with Crippen molar-refractivity contribution in [3.63, 3.8) is 0 Å². The molecule has 0 saturated heterocycles. The second-order valence-electron chi connectivity index (χ2n) is 5.38. The Kier molecular flexibility index (Phi) is 6.98. The normalized spacial score (nSPS) is 11.5. The van der Waals surface area contributed by atoms with Crippen LogP contribution in [0.2, 0.25) is 0 Å². The molecule has 0 bridgehead atoms. The van der Waals surface area contributed by atoms with Crippen molar-refractivity contribution >= 4 is 11.9 Å². The van der Waals surface area contributed by atoms with E-state index < -0.39 is 12.1 Å². The van der Waals surface area contributed by atoms with Crippen molar-refractivity contribution in [2.24, 2.45) is 0 Å². The zero-order valence-electron chi connectivity index (χ0n) is 13.8. The highest BCUT2D eigenvalue weighted by atomic mass is 16.2. The summed E-state index contributed by atoms with van der Waals surface area (Å²) in [6.45, 7) is 2.90. The number of urea groups is 1. The van der Waals surface area contributed by atoms with Crippen LogP contribution in [0.1, 0.15) is 24.1 Å². The molecule has 2 rings (SSSR count). The van der Waals surface area contributed by atoms with E-state index in [0.29, 0.717) is 13.1 Å². The fourth-order valence-corrected chi connectivity index (χ4v) is 2.40. The number of rotatable bonds is 7. The fraction of sp³-hybridized carbons (Fsp3) is 0.263. The van der Waals surface area contributed by atoms with Crippen molar-refractivity contribution in [2.75, 3.05) is 13.1 Å². The Morgan fingerprint density at radius 3 is 2.21 bits per heavy atom. The molecule has 2 aromatic rings. The summed E-state index contributed by atoms with van der Waals surface area (Å²) in [4.78, 5) is 24.1. The lowest BCUT2D eigenvalue weighted by molar-refractivity contribution is -0.122. The molecule has 0 spiro atoms. The molecule has 0 aliphatic heterocycles. The maximum Gasteiger partial charge on any atom is 0.321 e. The number of imide groups is 1. The third-order valence-corrected chi connectivity index (χ3v) is 3.57. The molecular weight excluding hydrogens is 302 g/mol. The van der Waals surface area contributed by atoms with Gasteiger partial charge in [-0.1, -0.05) is 60.7 Å². The predicted octanol–water partition coefficient (Wildman–Crippen LogP) is 2.41. The topological polar surface area (TPSA) is 70.2 Å². The molecule has 0 aromatic heterocycles. The first-order valence-electron chi connectivity index (χ1n) is 8.11. The highest BCUT2D eigenvalue weighted by Gasteiger charge is 2.21.